The predicted molar refractivity (Wildman–Crippen MR) is 119 cm³/mol. The van der Waals surface area contributed by atoms with E-state index in [1.54, 1.807) is 19.9 Å². The third kappa shape index (κ3) is 6.73. The Kier molecular flexibility index (Phi) is 7.75. The maximum absolute atomic E-state index is 13.3. The molecule has 0 unspecified atom stereocenters. The maximum Gasteiger partial charge on any atom is 0.573 e. The van der Waals surface area contributed by atoms with Crippen LogP contribution in [0.1, 0.15) is 25.0 Å². The lowest BCUT2D eigenvalue weighted by Crippen LogP contribution is -2.59. The number of alkyl halides is 3. The topological polar surface area (TPSA) is 104 Å². The summed E-state index contributed by atoms with van der Waals surface area (Å²) in [6, 6.07) is 9.67. The van der Waals surface area contributed by atoms with Crippen molar-refractivity contribution >= 4 is 21.9 Å². The fraction of sp³-hybridized carbons (Fsp3) is 0.391. The van der Waals surface area contributed by atoms with Gasteiger partial charge in [-0.2, -0.15) is 4.31 Å². The van der Waals surface area contributed by atoms with Gasteiger partial charge in [-0.15, -0.1) is 13.2 Å². The molecular formula is C23H25F3N2O6S. The first-order valence-electron chi connectivity index (χ1n) is 10.7. The molecule has 3 rings (SSSR count). The molecule has 12 heteroatoms. The highest BCUT2D eigenvalue weighted by atomic mass is 32.2. The Balaban J connectivity index is 1.69. The molecule has 0 bridgehead atoms. The Morgan fingerprint density at radius 1 is 1.00 bits per heavy atom. The SMILES string of the molecule is C[C@@H]1CN(C(=O)Cc2ccc(OC(F)(F)F)cc2)C[C@H](C)N1S(=O)(=O)c1cccc(CC(=O)O)c1. The summed E-state index contributed by atoms with van der Waals surface area (Å²) >= 11 is 0. The van der Waals surface area contributed by atoms with E-state index < -0.39 is 34.4 Å². The summed E-state index contributed by atoms with van der Waals surface area (Å²) in [7, 11) is -3.95. The maximum atomic E-state index is 13.3. The van der Waals surface area contributed by atoms with Gasteiger partial charge in [0.25, 0.3) is 0 Å². The van der Waals surface area contributed by atoms with Crippen LogP contribution in [-0.4, -0.2) is 66.1 Å². The molecule has 35 heavy (non-hydrogen) atoms. The minimum Gasteiger partial charge on any atom is -0.481 e. The van der Waals surface area contributed by atoms with Crippen molar-refractivity contribution in [1.29, 1.82) is 0 Å². The van der Waals surface area contributed by atoms with Gasteiger partial charge in [0.1, 0.15) is 5.75 Å². The number of carboxylic acids is 1. The number of ether oxygens (including phenoxy) is 1. The number of sulfonamides is 1. The number of halogens is 3. The van der Waals surface area contributed by atoms with Crippen LogP contribution in [0.2, 0.25) is 0 Å². The fourth-order valence-corrected chi connectivity index (χ4v) is 6.07. The quantitative estimate of drug-likeness (QED) is 0.609. The summed E-state index contributed by atoms with van der Waals surface area (Å²) in [5.41, 5.74) is 0.856. The first-order chi connectivity index (χ1) is 16.3. The number of benzene rings is 2. The highest BCUT2D eigenvalue weighted by Gasteiger charge is 2.39. The highest BCUT2D eigenvalue weighted by molar-refractivity contribution is 7.89. The Morgan fingerprint density at radius 3 is 2.14 bits per heavy atom. The second-order valence-corrected chi connectivity index (χ2v) is 10.3. The van der Waals surface area contributed by atoms with Crippen molar-refractivity contribution < 1.29 is 41.0 Å². The summed E-state index contributed by atoms with van der Waals surface area (Å²) in [4.78, 5) is 25.3. The van der Waals surface area contributed by atoms with Gasteiger partial charge in [-0.25, -0.2) is 8.42 Å². The summed E-state index contributed by atoms with van der Waals surface area (Å²) in [6.07, 6.45) is -5.17. The highest BCUT2D eigenvalue weighted by Crippen LogP contribution is 2.27. The number of carboxylic acid groups (broad SMARTS) is 1. The summed E-state index contributed by atoms with van der Waals surface area (Å²) in [5, 5.41) is 8.99. The summed E-state index contributed by atoms with van der Waals surface area (Å²) in [5.74, 6) is -1.74. The van der Waals surface area contributed by atoms with Gasteiger partial charge in [0.05, 0.1) is 17.7 Å². The molecule has 1 aliphatic heterocycles. The molecular weight excluding hydrogens is 489 g/mol. The van der Waals surface area contributed by atoms with Gasteiger partial charge >= 0.3 is 12.3 Å². The third-order valence-corrected chi connectivity index (χ3v) is 7.66. The van der Waals surface area contributed by atoms with Crippen molar-refractivity contribution in [3.05, 3.63) is 59.7 Å². The van der Waals surface area contributed by atoms with Crippen LogP contribution in [0.25, 0.3) is 0 Å². The van der Waals surface area contributed by atoms with E-state index in [4.69, 9.17) is 5.11 Å². The number of nitrogens with zero attached hydrogens (tertiary/aromatic N) is 2. The average molecular weight is 515 g/mol. The van der Waals surface area contributed by atoms with Gasteiger partial charge in [-0.05, 0) is 49.2 Å². The minimum absolute atomic E-state index is 0.0177. The number of carbonyl (C=O) groups excluding carboxylic acids is 1. The molecule has 1 N–H and O–H groups in total. The molecule has 1 heterocycles. The zero-order valence-corrected chi connectivity index (χ0v) is 19.8. The summed E-state index contributed by atoms with van der Waals surface area (Å²) < 4.78 is 68.7. The molecule has 2 atom stereocenters. The number of piperazine rings is 1. The van der Waals surface area contributed by atoms with Crippen LogP contribution in [0.15, 0.2) is 53.4 Å². The molecule has 8 nitrogen and oxygen atoms in total. The van der Waals surface area contributed by atoms with Crippen molar-refractivity contribution in [2.24, 2.45) is 0 Å². The van der Waals surface area contributed by atoms with Crippen LogP contribution in [-0.2, 0) is 32.5 Å². The Hall–Kier alpha value is -3.12. The third-order valence-electron chi connectivity index (χ3n) is 5.53. The van der Waals surface area contributed by atoms with Gasteiger partial charge in [0, 0.05) is 25.2 Å². The normalized spacial score (nSPS) is 19.4. The van der Waals surface area contributed by atoms with E-state index in [2.05, 4.69) is 4.74 Å². The molecule has 0 aliphatic carbocycles. The van der Waals surface area contributed by atoms with Gasteiger partial charge in [0.15, 0.2) is 0 Å². The second-order valence-electron chi connectivity index (χ2n) is 8.42. The number of aliphatic carboxylic acids is 1. The molecule has 0 aromatic heterocycles. The van der Waals surface area contributed by atoms with Crippen LogP contribution >= 0.6 is 0 Å². The van der Waals surface area contributed by atoms with E-state index in [9.17, 15) is 31.2 Å². The van der Waals surface area contributed by atoms with E-state index in [1.165, 1.54) is 39.5 Å². The average Bonchev–Trinajstić information content (AvgIpc) is 2.73. The first kappa shape index (κ1) is 26.5. The Bertz CT molecular complexity index is 1170. The lowest BCUT2D eigenvalue weighted by molar-refractivity contribution is -0.274. The predicted octanol–water partition coefficient (Wildman–Crippen LogP) is 3.06. The molecule has 1 amide bonds. The van der Waals surface area contributed by atoms with Crippen molar-refractivity contribution in [2.75, 3.05) is 13.1 Å². The molecule has 0 spiro atoms. The summed E-state index contributed by atoms with van der Waals surface area (Å²) in [6.45, 7) is 3.62. The van der Waals surface area contributed by atoms with E-state index in [0.717, 1.165) is 12.1 Å². The van der Waals surface area contributed by atoms with E-state index in [-0.39, 0.29) is 42.5 Å². The molecule has 190 valence electrons. The Morgan fingerprint density at radius 2 is 1.60 bits per heavy atom. The smallest absolute Gasteiger partial charge is 0.481 e. The molecule has 1 aliphatic rings. The molecule has 2 aromatic rings. The van der Waals surface area contributed by atoms with E-state index in [0.29, 0.717) is 11.1 Å². The molecule has 1 fully saturated rings. The van der Waals surface area contributed by atoms with Crippen molar-refractivity contribution in [3.8, 4) is 5.75 Å². The Labute approximate surface area is 201 Å². The van der Waals surface area contributed by atoms with Gasteiger partial charge in [-0.1, -0.05) is 24.3 Å². The van der Waals surface area contributed by atoms with Crippen molar-refractivity contribution in [2.45, 2.75) is 50.0 Å². The van der Waals surface area contributed by atoms with E-state index >= 15 is 0 Å². The minimum atomic E-state index is -4.80. The van der Waals surface area contributed by atoms with E-state index in [1.807, 2.05) is 0 Å². The van der Waals surface area contributed by atoms with Crippen molar-refractivity contribution in [1.82, 2.24) is 9.21 Å². The second kappa shape index (κ2) is 10.2. The number of amides is 1. The number of hydrogen-bond donors (Lipinski definition) is 1. The zero-order chi connectivity index (χ0) is 26.0. The molecule has 1 saturated heterocycles. The first-order valence-corrected chi connectivity index (χ1v) is 12.2. The lowest BCUT2D eigenvalue weighted by Gasteiger charge is -2.43. The van der Waals surface area contributed by atoms with Crippen LogP contribution < -0.4 is 4.74 Å². The zero-order valence-electron chi connectivity index (χ0n) is 19.0. The lowest BCUT2D eigenvalue weighted by atomic mass is 10.1. The largest absolute Gasteiger partial charge is 0.573 e. The fourth-order valence-electron chi connectivity index (χ4n) is 4.19. The van der Waals surface area contributed by atoms with Gasteiger partial charge in [0.2, 0.25) is 15.9 Å². The van der Waals surface area contributed by atoms with Crippen LogP contribution in [0.3, 0.4) is 0 Å². The molecule has 0 saturated carbocycles. The van der Waals surface area contributed by atoms with Crippen LogP contribution in [0.5, 0.6) is 5.75 Å². The molecule has 0 radical (unpaired) electrons. The van der Waals surface area contributed by atoms with Crippen molar-refractivity contribution in [3.63, 3.8) is 0 Å². The van der Waals surface area contributed by atoms with Crippen LogP contribution in [0, 0.1) is 0 Å². The number of hydrogen-bond acceptors (Lipinski definition) is 5. The standard InChI is InChI=1S/C23H25F3N2O6S/c1-15-13-27(21(29)11-17-6-8-19(9-7-17)34-23(24,25)26)14-16(2)28(15)35(32,33)20-5-3-4-18(10-20)12-22(30)31/h3-10,15-16H,11-14H2,1-2H3,(H,30,31)/t15-,16+. The molecule has 2 aromatic carbocycles. The number of carbonyl (C=O) groups is 2. The van der Waals surface area contributed by atoms with Gasteiger partial charge in [-0.3, -0.25) is 9.59 Å². The number of rotatable bonds is 7. The monoisotopic (exact) mass is 514 g/mol. The van der Waals surface area contributed by atoms with Gasteiger partial charge < -0.3 is 14.7 Å². The van der Waals surface area contributed by atoms with Crippen LogP contribution in [0.4, 0.5) is 13.2 Å².